The summed E-state index contributed by atoms with van der Waals surface area (Å²) in [5.41, 5.74) is 4.68. The standard InChI is InChI=1S/C18H28N2/c1-2-19-11-9-15-10-12-20(14-15)18-8-7-16-5-3-4-6-17(16)13-18/h7-8,13,15,19H,2-6,9-12,14H2,1H3. The molecule has 2 nitrogen and oxygen atoms in total. The van der Waals surface area contributed by atoms with Crippen LogP contribution in [0.25, 0.3) is 0 Å². The van der Waals surface area contributed by atoms with Crippen LogP contribution in [-0.4, -0.2) is 26.2 Å². The Morgan fingerprint density at radius 1 is 1.20 bits per heavy atom. The van der Waals surface area contributed by atoms with E-state index in [4.69, 9.17) is 0 Å². The molecule has 1 N–H and O–H groups in total. The van der Waals surface area contributed by atoms with Crippen molar-refractivity contribution in [1.82, 2.24) is 5.32 Å². The van der Waals surface area contributed by atoms with Crippen molar-refractivity contribution in [2.75, 3.05) is 31.1 Å². The Morgan fingerprint density at radius 2 is 2.05 bits per heavy atom. The van der Waals surface area contributed by atoms with Gasteiger partial charge in [-0.25, -0.2) is 0 Å². The topological polar surface area (TPSA) is 15.3 Å². The molecule has 1 heterocycles. The maximum atomic E-state index is 3.45. The Kier molecular flexibility index (Phi) is 4.62. The maximum absolute atomic E-state index is 3.45. The fourth-order valence-corrected chi connectivity index (χ4v) is 3.70. The lowest BCUT2D eigenvalue weighted by molar-refractivity contribution is 0.510. The first-order valence-electron chi connectivity index (χ1n) is 8.44. The molecule has 1 fully saturated rings. The lowest BCUT2D eigenvalue weighted by Gasteiger charge is -2.23. The predicted molar refractivity (Wildman–Crippen MR) is 86.6 cm³/mol. The molecule has 2 aliphatic rings. The van der Waals surface area contributed by atoms with Crippen molar-refractivity contribution >= 4 is 5.69 Å². The van der Waals surface area contributed by atoms with E-state index in [1.807, 2.05) is 0 Å². The number of hydrogen-bond donors (Lipinski definition) is 1. The molecule has 0 radical (unpaired) electrons. The second-order valence-electron chi connectivity index (χ2n) is 6.40. The van der Waals surface area contributed by atoms with E-state index in [2.05, 4.69) is 35.3 Å². The van der Waals surface area contributed by atoms with E-state index >= 15 is 0 Å². The first kappa shape index (κ1) is 13.9. The van der Waals surface area contributed by atoms with Gasteiger partial charge in [0.05, 0.1) is 0 Å². The van der Waals surface area contributed by atoms with Gasteiger partial charge in [-0.1, -0.05) is 13.0 Å². The second-order valence-corrected chi connectivity index (χ2v) is 6.40. The van der Waals surface area contributed by atoms with Crippen molar-refractivity contribution in [3.05, 3.63) is 29.3 Å². The highest BCUT2D eigenvalue weighted by molar-refractivity contribution is 5.52. The lowest BCUT2D eigenvalue weighted by Crippen LogP contribution is -2.22. The molecule has 2 heteroatoms. The Bertz CT molecular complexity index is 441. The fraction of sp³-hybridized carbons (Fsp3) is 0.667. The summed E-state index contributed by atoms with van der Waals surface area (Å²) in [5, 5.41) is 3.45. The lowest BCUT2D eigenvalue weighted by atomic mass is 9.91. The molecular weight excluding hydrogens is 244 g/mol. The van der Waals surface area contributed by atoms with E-state index in [0.29, 0.717) is 0 Å². The summed E-state index contributed by atoms with van der Waals surface area (Å²) >= 11 is 0. The zero-order valence-corrected chi connectivity index (χ0v) is 12.8. The molecule has 0 saturated carbocycles. The molecule has 1 saturated heterocycles. The Hall–Kier alpha value is -1.02. The van der Waals surface area contributed by atoms with Crippen LogP contribution < -0.4 is 10.2 Å². The van der Waals surface area contributed by atoms with E-state index in [0.717, 1.165) is 12.5 Å². The third kappa shape index (κ3) is 3.17. The van der Waals surface area contributed by atoms with Gasteiger partial charge in [-0.05, 0) is 80.8 Å². The SMILES string of the molecule is CCNCCC1CCN(c2ccc3c(c2)CCCC3)C1. The van der Waals surface area contributed by atoms with E-state index in [9.17, 15) is 0 Å². The van der Waals surface area contributed by atoms with Crippen molar-refractivity contribution in [2.24, 2.45) is 5.92 Å². The minimum Gasteiger partial charge on any atom is -0.371 e. The van der Waals surface area contributed by atoms with Crippen LogP contribution in [0.4, 0.5) is 5.69 Å². The highest BCUT2D eigenvalue weighted by Crippen LogP contribution is 2.30. The molecule has 0 aromatic heterocycles. The first-order chi connectivity index (χ1) is 9.86. The molecule has 0 bridgehead atoms. The number of rotatable bonds is 5. The average molecular weight is 272 g/mol. The van der Waals surface area contributed by atoms with Gasteiger partial charge in [0.25, 0.3) is 0 Å². The van der Waals surface area contributed by atoms with E-state index in [-0.39, 0.29) is 0 Å². The Labute approximate surface area is 123 Å². The van der Waals surface area contributed by atoms with Gasteiger partial charge in [-0.2, -0.15) is 0 Å². The van der Waals surface area contributed by atoms with Crippen molar-refractivity contribution in [3.8, 4) is 0 Å². The number of benzene rings is 1. The van der Waals surface area contributed by atoms with E-state index in [1.54, 1.807) is 11.1 Å². The molecular formula is C18H28N2. The number of aryl methyl sites for hydroxylation is 2. The summed E-state index contributed by atoms with van der Waals surface area (Å²) in [5.74, 6) is 0.880. The zero-order valence-electron chi connectivity index (χ0n) is 12.8. The third-order valence-electron chi connectivity index (χ3n) is 4.96. The second kappa shape index (κ2) is 6.62. The number of nitrogens with one attached hydrogen (secondary N) is 1. The molecule has 20 heavy (non-hydrogen) atoms. The van der Waals surface area contributed by atoms with Crippen LogP contribution in [0.3, 0.4) is 0 Å². The average Bonchev–Trinajstić information content (AvgIpc) is 2.96. The molecule has 1 aromatic carbocycles. The summed E-state index contributed by atoms with van der Waals surface area (Å²) in [7, 11) is 0. The molecule has 1 atom stereocenters. The van der Waals surface area contributed by atoms with Crippen LogP contribution in [0.1, 0.15) is 43.7 Å². The number of nitrogens with zero attached hydrogens (tertiary/aromatic N) is 1. The predicted octanol–water partition coefficient (Wildman–Crippen LogP) is 3.39. The van der Waals surface area contributed by atoms with Crippen LogP contribution in [0, 0.1) is 5.92 Å². The molecule has 0 amide bonds. The zero-order chi connectivity index (χ0) is 13.8. The highest BCUT2D eigenvalue weighted by Gasteiger charge is 2.23. The Balaban J connectivity index is 1.60. The van der Waals surface area contributed by atoms with Gasteiger partial charge in [-0.3, -0.25) is 0 Å². The van der Waals surface area contributed by atoms with Gasteiger partial charge in [0.2, 0.25) is 0 Å². The van der Waals surface area contributed by atoms with Gasteiger partial charge in [-0.15, -0.1) is 0 Å². The molecule has 1 aliphatic heterocycles. The largest absolute Gasteiger partial charge is 0.371 e. The number of hydrogen-bond acceptors (Lipinski definition) is 2. The normalized spacial score (nSPS) is 22.1. The van der Waals surface area contributed by atoms with Crippen LogP contribution in [-0.2, 0) is 12.8 Å². The third-order valence-corrected chi connectivity index (χ3v) is 4.96. The highest BCUT2D eigenvalue weighted by atomic mass is 15.1. The minimum absolute atomic E-state index is 0.880. The van der Waals surface area contributed by atoms with Crippen molar-refractivity contribution < 1.29 is 0 Å². The Morgan fingerprint density at radius 3 is 2.90 bits per heavy atom. The van der Waals surface area contributed by atoms with Gasteiger partial charge >= 0.3 is 0 Å². The van der Waals surface area contributed by atoms with Crippen molar-refractivity contribution in [2.45, 2.75) is 45.4 Å². The maximum Gasteiger partial charge on any atom is 0.0369 e. The molecule has 1 aromatic rings. The van der Waals surface area contributed by atoms with Crippen LogP contribution >= 0.6 is 0 Å². The van der Waals surface area contributed by atoms with Crippen molar-refractivity contribution in [1.29, 1.82) is 0 Å². The smallest absolute Gasteiger partial charge is 0.0369 e. The van der Waals surface area contributed by atoms with E-state index < -0.39 is 0 Å². The van der Waals surface area contributed by atoms with Crippen molar-refractivity contribution in [3.63, 3.8) is 0 Å². The summed E-state index contributed by atoms with van der Waals surface area (Å²) in [6, 6.07) is 7.22. The quantitative estimate of drug-likeness (QED) is 0.827. The van der Waals surface area contributed by atoms with Gasteiger partial charge in [0.1, 0.15) is 0 Å². The molecule has 3 rings (SSSR count). The minimum atomic E-state index is 0.880. The summed E-state index contributed by atoms with van der Waals surface area (Å²) in [4.78, 5) is 2.60. The molecule has 110 valence electrons. The number of fused-ring (bicyclic) bond motifs is 1. The van der Waals surface area contributed by atoms with Crippen LogP contribution in [0.2, 0.25) is 0 Å². The van der Waals surface area contributed by atoms with Crippen LogP contribution in [0.15, 0.2) is 18.2 Å². The summed E-state index contributed by atoms with van der Waals surface area (Å²) in [6.07, 6.45) is 8.03. The summed E-state index contributed by atoms with van der Waals surface area (Å²) < 4.78 is 0. The first-order valence-corrected chi connectivity index (χ1v) is 8.44. The van der Waals surface area contributed by atoms with Gasteiger partial charge in [0, 0.05) is 18.8 Å². The van der Waals surface area contributed by atoms with Gasteiger partial charge < -0.3 is 10.2 Å². The monoisotopic (exact) mass is 272 g/mol. The summed E-state index contributed by atoms with van der Waals surface area (Å²) in [6.45, 7) is 6.97. The van der Waals surface area contributed by atoms with E-state index in [1.165, 1.54) is 63.8 Å². The van der Waals surface area contributed by atoms with Gasteiger partial charge in [0.15, 0.2) is 0 Å². The molecule has 1 unspecified atom stereocenters. The number of anilines is 1. The molecule has 1 aliphatic carbocycles. The van der Waals surface area contributed by atoms with Crippen LogP contribution in [0.5, 0.6) is 0 Å². The fourth-order valence-electron chi connectivity index (χ4n) is 3.70. The molecule has 0 spiro atoms.